The Hall–Kier alpha value is -0.610. The van der Waals surface area contributed by atoms with E-state index in [1.54, 1.807) is 11.3 Å². The van der Waals surface area contributed by atoms with Crippen molar-refractivity contribution >= 4 is 27.3 Å². The molecular weight excluding hydrogens is 308 g/mol. The Morgan fingerprint density at radius 2 is 1.94 bits per heavy atom. The van der Waals surface area contributed by atoms with Gasteiger partial charge < -0.3 is 4.98 Å². The minimum Gasteiger partial charge on any atom is -0.341 e. The van der Waals surface area contributed by atoms with Crippen LogP contribution in [0.15, 0.2) is 22.1 Å². The van der Waals surface area contributed by atoms with Crippen LogP contribution in [0, 0.1) is 0 Å². The van der Waals surface area contributed by atoms with Crippen molar-refractivity contribution in [2.45, 2.75) is 44.4 Å². The SMILES string of the molecule is Brc1ccc(-c2cnc(C3CCCCCC3)[nH]2)s1. The topological polar surface area (TPSA) is 28.7 Å². The molecule has 4 heteroatoms. The Kier molecular flexibility index (Phi) is 3.85. The molecule has 2 aromatic rings. The number of H-pyrrole nitrogens is 1. The number of nitrogens with zero attached hydrogens (tertiary/aromatic N) is 1. The monoisotopic (exact) mass is 324 g/mol. The van der Waals surface area contributed by atoms with Crippen LogP contribution >= 0.6 is 27.3 Å². The predicted octanol–water partition coefficient (Wildman–Crippen LogP) is 5.34. The van der Waals surface area contributed by atoms with E-state index in [2.05, 4.69) is 38.0 Å². The number of hydrogen-bond donors (Lipinski definition) is 1. The first-order chi connectivity index (χ1) is 8.83. The lowest BCUT2D eigenvalue weighted by atomic mass is 10.00. The first kappa shape index (κ1) is 12.4. The van der Waals surface area contributed by atoms with Gasteiger partial charge in [0, 0.05) is 5.92 Å². The maximum absolute atomic E-state index is 4.60. The van der Waals surface area contributed by atoms with Gasteiger partial charge in [0.05, 0.1) is 20.6 Å². The molecule has 0 unspecified atom stereocenters. The van der Waals surface area contributed by atoms with Gasteiger partial charge in [-0.05, 0) is 40.9 Å². The number of aromatic nitrogens is 2. The molecule has 1 N–H and O–H groups in total. The summed E-state index contributed by atoms with van der Waals surface area (Å²) in [5.74, 6) is 1.83. The van der Waals surface area contributed by atoms with Gasteiger partial charge in [-0.25, -0.2) is 4.98 Å². The van der Waals surface area contributed by atoms with Crippen LogP contribution in [0.1, 0.15) is 50.3 Å². The molecule has 0 bridgehead atoms. The maximum Gasteiger partial charge on any atom is 0.109 e. The van der Waals surface area contributed by atoms with E-state index < -0.39 is 0 Å². The molecule has 2 nitrogen and oxygen atoms in total. The Morgan fingerprint density at radius 1 is 1.17 bits per heavy atom. The normalized spacial score (nSPS) is 17.8. The molecule has 0 aromatic carbocycles. The molecule has 0 atom stereocenters. The fourth-order valence-corrected chi connectivity index (χ4v) is 4.03. The van der Waals surface area contributed by atoms with Gasteiger partial charge >= 0.3 is 0 Å². The van der Waals surface area contributed by atoms with Crippen LogP contribution in [-0.4, -0.2) is 9.97 Å². The highest BCUT2D eigenvalue weighted by Crippen LogP contribution is 2.33. The summed E-state index contributed by atoms with van der Waals surface area (Å²) in [6.07, 6.45) is 10.1. The Labute approximate surface area is 120 Å². The van der Waals surface area contributed by atoms with Crippen molar-refractivity contribution in [2.75, 3.05) is 0 Å². The first-order valence-electron chi connectivity index (χ1n) is 6.63. The number of thiophene rings is 1. The predicted molar refractivity (Wildman–Crippen MR) is 80.0 cm³/mol. The van der Waals surface area contributed by atoms with Crippen LogP contribution < -0.4 is 0 Å². The van der Waals surface area contributed by atoms with E-state index in [1.807, 2.05) is 6.20 Å². The van der Waals surface area contributed by atoms with Gasteiger partial charge in [-0.2, -0.15) is 0 Å². The number of rotatable bonds is 2. The zero-order chi connectivity index (χ0) is 12.4. The third-order valence-electron chi connectivity index (χ3n) is 3.68. The highest BCUT2D eigenvalue weighted by atomic mass is 79.9. The van der Waals surface area contributed by atoms with Crippen LogP contribution in [0.2, 0.25) is 0 Å². The van der Waals surface area contributed by atoms with E-state index in [4.69, 9.17) is 0 Å². The van der Waals surface area contributed by atoms with Gasteiger partial charge in [-0.3, -0.25) is 0 Å². The minimum atomic E-state index is 0.643. The average Bonchev–Trinajstić information content (AvgIpc) is 2.92. The summed E-state index contributed by atoms with van der Waals surface area (Å²) < 4.78 is 1.17. The molecule has 96 valence electrons. The second-order valence-electron chi connectivity index (χ2n) is 4.97. The zero-order valence-corrected chi connectivity index (χ0v) is 12.7. The van der Waals surface area contributed by atoms with E-state index >= 15 is 0 Å². The van der Waals surface area contributed by atoms with Gasteiger partial charge in [-0.1, -0.05) is 25.7 Å². The molecule has 1 aliphatic rings. The largest absolute Gasteiger partial charge is 0.341 e. The number of imidazole rings is 1. The molecule has 0 saturated heterocycles. The Morgan fingerprint density at radius 3 is 2.61 bits per heavy atom. The van der Waals surface area contributed by atoms with Crippen molar-refractivity contribution in [1.82, 2.24) is 9.97 Å². The average molecular weight is 325 g/mol. The molecule has 3 rings (SSSR count). The standard InChI is InChI=1S/C14H17BrN2S/c15-13-8-7-12(18-13)11-9-16-14(17-11)10-5-3-1-2-4-6-10/h7-10H,1-6H2,(H,16,17). The lowest BCUT2D eigenvalue weighted by Gasteiger charge is -2.10. The second kappa shape index (κ2) is 5.57. The van der Waals surface area contributed by atoms with Gasteiger partial charge in [0.25, 0.3) is 0 Å². The van der Waals surface area contributed by atoms with Gasteiger partial charge in [0.1, 0.15) is 5.82 Å². The van der Waals surface area contributed by atoms with Crippen molar-refractivity contribution < 1.29 is 0 Å². The summed E-state index contributed by atoms with van der Waals surface area (Å²) in [6.45, 7) is 0. The third kappa shape index (κ3) is 2.69. The summed E-state index contributed by atoms with van der Waals surface area (Å²) in [5.41, 5.74) is 1.16. The second-order valence-corrected chi connectivity index (χ2v) is 7.44. The van der Waals surface area contributed by atoms with Crippen LogP contribution in [-0.2, 0) is 0 Å². The summed E-state index contributed by atoms with van der Waals surface area (Å²) in [7, 11) is 0. The molecule has 2 aromatic heterocycles. The molecule has 18 heavy (non-hydrogen) atoms. The van der Waals surface area contributed by atoms with Crippen molar-refractivity contribution in [2.24, 2.45) is 0 Å². The van der Waals surface area contributed by atoms with Crippen LogP contribution in [0.4, 0.5) is 0 Å². The quantitative estimate of drug-likeness (QED) is 0.742. The highest BCUT2D eigenvalue weighted by Gasteiger charge is 2.17. The van der Waals surface area contributed by atoms with E-state index in [9.17, 15) is 0 Å². The number of halogens is 1. The van der Waals surface area contributed by atoms with Gasteiger partial charge in [0.15, 0.2) is 0 Å². The molecule has 0 aliphatic heterocycles. The van der Waals surface area contributed by atoms with E-state index in [-0.39, 0.29) is 0 Å². The van der Waals surface area contributed by atoms with Crippen molar-refractivity contribution in [3.05, 3.63) is 27.9 Å². The van der Waals surface area contributed by atoms with Gasteiger partial charge in [0.2, 0.25) is 0 Å². The molecule has 1 fully saturated rings. The number of nitrogens with one attached hydrogen (secondary N) is 1. The zero-order valence-electron chi connectivity index (χ0n) is 10.3. The molecule has 1 aliphatic carbocycles. The van der Waals surface area contributed by atoms with E-state index in [0.717, 1.165) is 5.69 Å². The summed E-state index contributed by atoms with van der Waals surface area (Å²) in [6, 6.07) is 4.23. The molecule has 0 radical (unpaired) electrons. The van der Waals surface area contributed by atoms with Crippen LogP contribution in [0.5, 0.6) is 0 Å². The van der Waals surface area contributed by atoms with Crippen LogP contribution in [0.25, 0.3) is 10.6 Å². The molecular formula is C14H17BrN2S. The molecule has 1 saturated carbocycles. The summed E-state index contributed by atoms with van der Waals surface area (Å²) >= 11 is 5.26. The fourth-order valence-electron chi connectivity index (χ4n) is 2.68. The van der Waals surface area contributed by atoms with Crippen molar-refractivity contribution in [3.63, 3.8) is 0 Å². The Balaban J connectivity index is 1.80. The van der Waals surface area contributed by atoms with Crippen molar-refractivity contribution in [3.8, 4) is 10.6 Å². The lowest BCUT2D eigenvalue weighted by molar-refractivity contribution is 0.566. The molecule has 0 amide bonds. The molecule has 2 heterocycles. The van der Waals surface area contributed by atoms with E-state index in [1.165, 1.54) is 53.0 Å². The van der Waals surface area contributed by atoms with Crippen LogP contribution in [0.3, 0.4) is 0 Å². The highest BCUT2D eigenvalue weighted by molar-refractivity contribution is 9.11. The minimum absolute atomic E-state index is 0.643. The number of aromatic amines is 1. The number of hydrogen-bond acceptors (Lipinski definition) is 2. The van der Waals surface area contributed by atoms with E-state index in [0.29, 0.717) is 5.92 Å². The van der Waals surface area contributed by atoms with Crippen molar-refractivity contribution in [1.29, 1.82) is 0 Å². The van der Waals surface area contributed by atoms with Gasteiger partial charge in [-0.15, -0.1) is 11.3 Å². The maximum atomic E-state index is 4.60. The Bertz CT molecular complexity index is 509. The lowest BCUT2D eigenvalue weighted by Crippen LogP contribution is -1.99. The fraction of sp³-hybridized carbons (Fsp3) is 0.500. The molecule has 0 spiro atoms. The summed E-state index contributed by atoms with van der Waals surface area (Å²) in [4.78, 5) is 9.38. The first-order valence-corrected chi connectivity index (χ1v) is 8.24. The smallest absolute Gasteiger partial charge is 0.109 e. The third-order valence-corrected chi connectivity index (χ3v) is 5.33. The summed E-state index contributed by atoms with van der Waals surface area (Å²) in [5, 5.41) is 0.